The van der Waals surface area contributed by atoms with E-state index in [-0.39, 0.29) is 23.6 Å². The van der Waals surface area contributed by atoms with Crippen molar-refractivity contribution in [3.63, 3.8) is 0 Å². The van der Waals surface area contributed by atoms with Gasteiger partial charge in [0.05, 0.1) is 23.3 Å². The van der Waals surface area contributed by atoms with Crippen LogP contribution in [0.4, 0.5) is 0 Å². The third-order valence-electron chi connectivity index (χ3n) is 15.1. The fraction of sp³-hybridized carbons (Fsp3) is 0.387. The lowest BCUT2D eigenvalue weighted by molar-refractivity contribution is 0.0592. The molecule has 7 aromatic rings. The predicted molar refractivity (Wildman–Crippen MR) is 282 cm³/mol. The van der Waals surface area contributed by atoms with Crippen LogP contribution in [0.5, 0.6) is 0 Å². The average molecular weight is 929 g/mol. The van der Waals surface area contributed by atoms with Crippen LogP contribution in [0.1, 0.15) is 195 Å². The van der Waals surface area contributed by atoms with Crippen molar-refractivity contribution in [1.82, 2.24) is 9.80 Å². The van der Waals surface area contributed by atoms with E-state index in [1.54, 1.807) is 24.3 Å². The SMILES string of the molecule is CCCCCCCCCCCCN1C(=O)c2ccc3c4c(-c5ccc(C#N)cc5)cc5c6c(ccc(c7c(-c8ccc(C#N)cc8)cc(c2c37)C1=O)c64)C(=O)N(CCCCCCCCCCCC)C5=O. The van der Waals surface area contributed by atoms with Crippen molar-refractivity contribution in [1.29, 1.82) is 10.5 Å². The van der Waals surface area contributed by atoms with E-state index in [9.17, 15) is 29.7 Å². The maximum absolute atomic E-state index is 14.9. The number of nitrogens with zero attached hydrogens (tertiary/aromatic N) is 4. The normalized spacial score (nSPS) is 13.4. The van der Waals surface area contributed by atoms with E-state index in [2.05, 4.69) is 26.0 Å². The molecule has 4 amide bonds. The van der Waals surface area contributed by atoms with E-state index in [0.29, 0.717) is 57.2 Å². The number of carbonyl (C=O) groups is 4. The first-order chi connectivity index (χ1) is 34.3. The maximum atomic E-state index is 14.9. The Morgan fingerprint density at radius 2 is 0.657 bits per heavy atom. The lowest BCUT2D eigenvalue weighted by Gasteiger charge is -2.32. The smallest absolute Gasteiger partial charge is 0.261 e. The summed E-state index contributed by atoms with van der Waals surface area (Å²) in [5.74, 6) is -1.26. The van der Waals surface area contributed by atoms with Crippen molar-refractivity contribution in [2.24, 2.45) is 0 Å². The van der Waals surface area contributed by atoms with Crippen LogP contribution in [0.15, 0.2) is 84.9 Å². The van der Waals surface area contributed by atoms with Crippen molar-refractivity contribution >= 4 is 66.7 Å². The number of carbonyl (C=O) groups excluding carboxylic acids is 4. The highest BCUT2D eigenvalue weighted by molar-refractivity contribution is 6.44. The van der Waals surface area contributed by atoms with Gasteiger partial charge in [-0.3, -0.25) is 29.0 Å². The number of benzene rings is 7. The van der Waals surface area contributed by atoms with E-state index in [1.807, 2.05) is 60.7 Å². The first-order valence-corrected chi connectivity index (χ1v) is 26.3. The Labute approximate surface area is 412 Å². The summed E-state index contributed by atoms with van der Waals surface area (Å²) >= 11 is 0. The molecule has 9 rings (SSSR count). The van der Waals surface area contributed by atoms with Crippen LogP contribution in [0, 0.1) is 22.7 Å². The Balaban J connectivity index is 1.15. The molecule has 0 bridgehead atoms. The van der Waals surface area contributed by atoms with Gasteiger partial charge in [-0.15, -0.1) is 0 Å². The average Bonchev–Trinajstić information content (AvgIpc) is 3.39. The van der Waals surface area contributed by atoms with Gasteiger partial charge in [0.25, 0.3) is 23.6 Å². The van der Waals surface area contributed by atoms with Gasteiger partial charge in [0.1, 0.15) is 0 Å². The summed E-state index contributed by atoms with van der Waals surface area (Å²) < 4.78 is 0. The molecule has 356 valence electrons. The Kier molecular flexibility index (Phi) is 15.0. The summed E-state index contributed by atoms with van der Waals surface area (Å²) in [6, 6.07) is 30.6. The van der Waals surface area contributed by atoms with Crippen molar-refractivity contribution in [2.75, 3.05) is 13.1 Å². The number of nitriles is 2. The van der Waals surface area contributed by atoms with Crippen molar-refractivity contribution in [2.45, 2.75) is 142 Å². The number of hydrogen-bond donors (Lipinski definition) is 0. The van der Waals surface area contributed by atoms with Crippen LogP contribution < -0.4 is 0 Å². The molecule has 2 aliphatic heterocycles. The van der Waals surface area contributed by atoms with Crippen LogP contribution in [0.2, 0.25) is 0 Å². The number of imide groups is 2. The molecule has 7 aromatic carbocycles. The van der Waals surface area contributed by atoms with Gasteiger partial charge in [-0.05, 0) is 116 Å². The molecule has 0 unspecified atom stereocenters. The van der Waals surface area contributed by atoms with E-state index in [0.717, 1.165) is 106 Å². The van der Waals surface area contributed by atoms with Crippen LogP contribution in [-0.2, 0) is 0 Å². The molecule has 0 aromatic heterocycles. The summed E-state index contributed by atoms with van der Waals surface area (Å²) in [6.45, 7) is 5.13. The molecular weight excluding hydrogens is 865 g/mol. The highest BCUT2D eigenvalue weighted by atomic mass is 16.2. The van der Waals surface area contributed by atoms with Crippen LogP contribution in [-0.4, -0.2) is 46.5 Å². The summed E-state index contributed by atoms with van der Waals surface area (Å²) in [7, 11) is 0. The van der Waals surface area contributed by atoms with E-state index in [1.165, 1.54) is 86.8 Å². The zero-order valence-corrected chi connectivity index (χ0v) is 41.1. The maximum Gasteiger partial charge on any atom is 0.261 e. The number of unbranched alkanes of at least 4 members (excludes halogenated alkanes) is 18. The fourth-order valence-electron chi connectivity index (χ4n) is 11.4. The molecule has 8 nitrogen and oxygen atoms in total. The summed E-state index contributed by atoms with van der Waals surface area (Å²) in [6.07, 6.45) is 22.9. The molecule has 0 N–H and O–H groups in total. The monoisotopic (exact) mass is 928 g/mol. The van der Waals surface area contributed by atoms with Crippen LogP contribution in [0.3, 0.4) is 0 Å². The van der Waals surface area contributed by atoms with Gasteiger partial charge in [-0.1, -0.05) is 166 Å². The third kappa shape index (κ3) is 9.17. The topological polar surface area (TPSA) is 122 Å². The van der Waals surface area contributed by atoms with Crippen molar-refractivity contribution < 1.29 is 19.2 Å². The Morgan fingerprint density at radius 1 is 0.343 bits per heavy atom. The van der Waals surface area contributed by atoms with Gasteiger partial charge in [-0.2, -0.15) is 10.5 Å². The third-order valence-corrected chi connectivity index (χ3v) is 15.1. The second kappa shape index (κ2) is 21.8. The molecule has 0 fully saturated rings. The molecule has 0 aliphatic carbocycles. The lowest BCUT2D eigenvalue weighted by atomic mass is 9.77. The molecule has 0 spiro atoms. The van der Waals surface area contributed by atoms with Gasteiger partial charge in [0.15, 0.2) is 0 Å². The molecule has 0 radical (unpaired) electrons. The van der Waals surface area contributed by atoms with Crippen LogP contribution >= 0.6 is 0 Å². The van der Waals surface area contributed by atoms with Gasteiger partial charge in [0, 0.05) is 46.1 Å². The minimum atomic E-state index is -0.325. The van der Waals surface area contributed by atoms with E-state index >= 15 is 0 Å². The summed E-state index contributed by atoms with van der Waals surface area (Å²) in [5, 5.41) is 25.5. The summed E-state index contributed by atoms with van der Waals surface area (Å²) in [4.78, 5) is 61.9. The molecule has 70 heavy (non-hydrogen) atoms. The zero-order valence-electron chi connectivity index (χ0n) is 41.1. The molecular formula is C62H64N4O4. The Morgan fingerprint density at radius 3 is 0.986 bits per heavy atom. The van der Waals surface area contributed by atoms with E-state index < -0.39 is 0 Å². The number of amides is 4. The minimum absolute atomic E-state index is 0.306. The molecule has 2 heterocycles. The lowest BCUT2D eigenvalue weighted by Crippen LogP contribution is -2.41. The minimum Gasteiger partial charge on any atom is -0.274 e. The standard InChI is InChI=1S/C62H64N4O4/c1-3-5-7-9-11-13-15-17-19-21-35-65-59(67)47-33-31-45-54-50(44-29-25-42(40-64)26-30-44)38-52-56-48(60(68)66(62(52)70)36-22-20-18-16-14-12-10-8-6-4-2)34-32-46(58(54)56)53-49(43-27-23-41(39-63)24-28-43)37-51(61(65)69)55(47)57(45)53/h23-34,37-38H,3-22,35-36H2,1-2H3. The Hall–Kier alpha value is -6.90. The molecule has 0 saturated heterocycles. The van der Waals surface area contributed by atoms with E-state index in [4.69, 9.17) is 0 Å². The Bertz CT molecular complexity index is 2970. The number of rotatable bonds is 24. The highest BCUT2D eigenvalue weighted by Crippen LogP contribution is 2.52. The molecule has 2 aliphatic rings. The molecule has 0 saturated carbocycles. The first kappa shape index (κ1) is 48.1. The van der Waals surface area contributed by atoms with Crippen molar-refractivity contribution in [3.8, 4) is 34.4 Å². The predicted octanol–water partition coefficient (Wildman–Crippen LogP) is 15.8. The second-order valence-corrected chi connectivity index (χ2v) is 19.8. The highest BCUT2D eigenvalue weighted by Gasteiger charge is 2.38. The van der Waals surface area contributed by atoms with Crippen LogP contribution in [0.25, 0.3) is 65.3 Å². The van der Waals surface area contributed by atoms with Crippen molar-refractivity contribution in [3.05, 3.63) is 118 Å². The largest absolute Gasteiger partial charge is 0.274 e. The fourth-order valence-corrected chi connectivity index (χ4v) is 11.4. The quantitative estimate of drug-likeness (QED) is 0.0257. The van der Waals surface area contributed by atoms with Gasteiger partial charge < -0.3 is 0 Å². The second-order valence-electron chi connectivity index (χ2n) is 19.8. The number of fused-ring (bicyclic) bond motifs is 2. The van der Waals surface area contributed by atoms with Gasteiger partial charge in [-0.25, -0.2) is 0 Å². The zero-order chi connectivity index (χ0) is 48.7. The molecule has 0 atom stereocenters. The summed E-state index contributed by atoms with van der Waals surface area (Å²) in [5.41, 5.74) is 5.94. The van der Waals surface area contributed by atoms with Gasteiger partial charge >= 0.3 is 0 Å². The molecule has 8 heteroatoms. The first-order valence-electron chi connectivity index (χ1n) is 26.3. The van der Waals surface area contributed by atoms with Gasteiger partial charge in [0.2, 0.25) is 0 Å². The number of hydrogen-bond acceptors (Lipinski definition) is 6.